The van der Waals surface area contributed by atoms with Gasteiger partial charge in [0.25, 0.3) is 5.91 Å². The molecule has 96 valence electrons. The second-order valence-electron chi connectivity index (χ2n) is 4.75. The number of thiophene rings is 1. The topological polar surface area (TPSA) is 42.0 Å². The van der Waals surface area contributed by atoms with Crippen LogP contribution in [-0.4, -0.2) is 10.9 Å². The van der Waals surface area contributed by atoms with Gasteiger partial charge < -0.3 is 5.32 Å². The van der Waals surface area contributed by atoms with Crippen molar-refractivity contribution in [1.29, 1.82) is 0 Å². The van der Waals surface area contributed by atoms with Crippen LogP contribution in [0.2, 0.25) is 0 Å². The van der Waals surface area contributed by atoms with Gasteiger partial charge in [-0.25, -0.2) is 4.98 Å². The van der Waals surface area contributed by atoms with Crippen molar-refractivity contribution in [1.82, 2.24) is 10.3 Å². The van der Waals surface area contributed by atoms with E-state index >= 15 is 0 Å². The Labute approximate surface area is 115 Å². The molecular formula is C13H16N2OS2. The maximum atomic E-state index is 12.1. The molecule has 3 nitrogen and oxygen atoms in total. The zero-order chi connectivity index (χ0) is 13.3. The van der Waals surface area contributed by atoms with Crippen LogP contribution in [0.4, 0.5) is 0 Å². The Morgan fingerprint density at radius 2 is 2.11 bits per heavy atom. The van der Waals surface area contributed by atoms with Crippen LogP contribution < -0.4 is 5.32 Å². The van der Waals surface area contributed by atoms with Gasteiger partial charge in [0.05, 0.1) is 16.8 Å². The average Bonchev–Trinajstić information content (AvgIpc) is 2.89. The minimum atomic E-state index is -0.442. The summed E-state index contributed by atoms with van der Waals surface area (Å²) in [7, 11) is 0. The maximum absolute atomic E-state index is 12.1. The van der Waals surface area contributed by atoms with E-state index in [1.54, 1.807) is 11.3 Å². The SMILES string of the molecule is Cc1nc(C(C)(C)NC(=O)c2ccsc2)sc1C. The fourth-order valence-corrected chi connectivity index (χ4v) is 3.15. The van der Waals surface area contributed by atoms with E-state index < -0.39 is 5.54 Å². The third-order valence-electron chi connectivity index (χ3n) is 2.77. The number of amides is 1. The Morgan fingerprint density at radius 1 is 1.39 bits per heavy atom. The van der Waals surface area contributed by atoms with Crippen LogP contribution in [0, 0.1) is 13.8 Å². The Kier molecular flexibility index (Phi) is 3.54. The van der Waals surface area contributed by atoms with Crippen LogP contribution in [0.1, 0.15) is 39.8 Å². The summed E-state index contributed by atoms with van der Waals surface area (Å²) in [6.07, 6.45) is 0. The molecule has 0 fully saturated rings. The van der Waals surface area contributed by atoms with Gasteiger partial charge in [-0.3, -0.25) is 4.79 Å². The summed E-state index contributed by atoms with van der Waals surface area (Å²) in [4.78, 5) is 17.8. The molecule has 1 N–H and O–H groups in total. The number of hydrogen-bond acceptors (Lipinski definition) is 4. The molecule has 0 spiro atoms. The summed E-state index contributed by atoms with van der Waals surface area (Å²) in [6.45, 7) is 8.00. The molecule has 5 heteroatoms. The number of aromatic nitrogens is 1. The van der Waals surface area contributed by atoms with Gasteiger partial charge in [0.1, 0.15) is 5.01 Å². The molecular weight excluding hydrogens is 264 g/mol. The number of nitrogens with one attached hydrogen (secondary N) is 1. The zero-order valence-corrected chi connectivity index (χ0v) is 12.5. The molecule has 0 unspecified atom stereocenters. The highest BCUT2D eigenvalue weighted by Crippen LogP contribution is 2.27. The lowest BCUT2D eigenvalue weighted by molar-refractivity contribution is 0.0912. The molecule has 0 aliphatic rings. The molecule has 0 saturated heterocycles. The van der Waals surface area contributed by atoms with Gasteiger partial charge in [-0.15, -0.1) is 11.3 Å². The van der Waals surface area contributed by atoms with Gasteiger partial charge in [-0.2, -0.15) is 11.3 Å². The molecule has 2 aromatic heterocycles. The minimum Gasteiger partial charge on any atom is -0.341 e. The van der Waals surface area contributed by atoms with Gasteiger partial charge in [0.15, 0.2) is 0 Å². The minimum absolute atomic E-state index is 0.0493. The number of aryl methyl sites for hydroxylation is 2. The van der Waals surface area contributed by atoms with E-state index in [9.17, 15) is 4.79 Å². The summed E-state index contributed by atoms with van der Waals surface area (Å²) in [5.41, 5.74) is 1.30. The van der Waals surface area contributed by atoms with Crippen LogP contribution in [0.5, 0.6) is 0 Å². The predicted molar refractivity (Wildman–Crippen MR) is 76.4 cm³/mol. The monoisotopic (exact) mass is 280 g/mol. The molecule has 0 radical (unpaired) electrons. The first-order valence-corrected chi connectivity index (χ1v) is 7.45. The van der Waals surface area contributed by atoms with Crippen LogP contribution in [0.25, 0.3) is 0 Å². The number of rotatable bonds is 3. The molecule has 0 bridgehead atoms. The highest BCUT2D eigenvalue weighted by Gasteiger charge is 2.27. The molecule has 2 aromatic rings. The molecule has 0 aliphatic carbocycles. The van der Waals surface area contributed by atoms with E-state index in [0.717, 1.165) is 10.7 Å². The van der Waals surface area contributed by atoms with Crippen molar-refractivity contribution in [2.24, 2.45) is 0 Å². The van der Waals surface area contributed by atoms with Gasteiger partial charge in [-0.1, -0.05) is 0 Å². The highest BCUT2D eigenvalue weighted by molar-refractivity contribution is 7.11. The predicted octanol–water partition coefficient (Wildman–Crippen LogP) is 3.49. The van der Waals surface area contributed by atoms with Crippen molar-refractivity contribution < 1.29 is 4.79 Å². The van der Waals surface area contributed by atoms with E-state index in [2.05, 4.69) is 10.3 Å². The molecule has 0 aliphatic heterocycles. The second kappa shape index (κ2) is 4.82. The number of carbonyl (C=O) groups is 1. The first kappa shape index (κ1) is 13.2. The fraction of sp³-hybridized carbons (Fsp3) is 0.385. The summed E-state index contributed by atoms with van der Waals surface area (Å²) in [5, 5.41) is 7.73. The number of hydrogen-bond donors (Lipinski definition) is 1. The van der Waals surface area contributed by atoms with Gasteiger partial charge >= 0.3 is 0 Å². The van der Waals surface area contributed by atoms with E-state index in [4.69, 9.17) is 0 Å². The summed E-state index contributed by atoms with van der Waals surface area (Å²) < 4.78 is 0. The fourth-order valence-electron chi connectivity index (χ4n) is 1.54. The van der Waals surface area contributed by atoms with Gasteiger partial charge in [-0.05, 0) is 39.1 Å². The van der Waals surface area contributed by atoms with Crippen LogP contribution in [-0.2, 0) is 5.54 Å². The molecule has 2 heterocycles. The highest BCUT2D eigenvalue weighted by atomic mass is 32.1. The van der Waals surface area contributed by atoms with E-state index in [1.807, 2.05) is 44.5 Å². The first-order chi connectivity index (χ1) is 8.40. The largest absolute Gasteiger partial charge is 0.341 e. The van der Waals surface area contributed by atoms with Crippen molar-refractivity contribution >= 4 is 28.6 Å². The van der Waals surface area contributed by atoms with Gasteiger partial charge in [0, 0.05) is 10.3 Å². The van der Waals surface area contributed by atoms with Crippen molar-refractivity contribution in [2.75, 3.05) is 0 Å². The number of carbonyl (C=O) groups excluding carboxylic acids is 1. The number of nitrogens with zero attached hydrogens (tertiary/aromatic N) is 1. The summed E-state index contributed by atoms with van der Waals surface area (Å²) in [6, 6.07) is 1.83. The van der Waals surface area contributed by atoms with Crippen LogP contribution in [0.3, 0.4) is 0 Å². The third-order valence-corrected chi connectivity index (χ3v) is 4.85. The Balaban J connectivity index is 2.19. The van der Waals surface area contributed by atoms with Crippen molar-refractivity contribution in [3.05, 3.63) is 38.0 Å². The second-order valence-corrected chi connectivity index (χ2v) is 6.73. The number of thiazole rings is 1. The lowest BCUT2D eigenvalue weighted by Crippen LogP contribution is -2.40. The molecule has 0 aromatic carbocycles. The smallest absolute Gasteiger partial charge is 0.252 e. The van der Waals surface area contributed by atoms with E-state index in [0.29, 0.717) is 5.56 Å². The normalized spacial score (nSPS) is 11.6. The van der Waals surface area contributed by atoms with Crippen LogP contribution >= 0.6 is 22.7 Å². The molecule has 18 heavy (non-hydrogen) atoms. The quantitative estimate of drug-likeness (QED) is 0.935. The lowest BCUT2D eigenvalue weighted by atomic mass is 10.1. The van der Waals surface area contributed by atoms with Crippen molar-refractivity contribution in [2.45, 2.75) is 33.2 Å². The summed E-state index contributed by atoms with van der Waals surface area (Å²) in [5.74, 6) is -0.0493. The van der Waals surface area contributed by atoms with Crippen molar-refractivity contribution in [3.63, 3.8) is 0 Å². The van der Waals surface area contributed by atoms with Gasteiger partial charge in [0.2, 0.25) is 0 Å². The first-order valence-electron chi connectivity index (χ1n) is 5.69. The molecule has 0 atom stereocenters. The standard InChI is InChI=1S/C13H16N2OS2/c1-8-9(2)18-12(14-8)13(3,4)15-11(16)10-5-6-17-7-10/h5-7H,1-4H3,(H,15,16). The molecule has 2 rings (SSSR count). The van der Waals surface area contributed by atoms with Crippen molar-refractivity contribution in [3.8, 4) is 0 Å². The maximum Gasteiger partial charge on any atom is 0.252 e. The van der Waals surface area contributed by atoms with Crippen LogP contribution in [0.15, 0.2) is 16.8 Å². The third kappa shape index (κ3) is 2.62. The molecule has 1 amide bonds. The Morgan fingerprint density at radius 3 is 2.61 bits per heavy atom. The summed E-state index contributed by atoms with van der Waals surface area (Å²) >= 11 is 3.16. The Bertz CT molecular complexity index is 536. The van der Waals surface area contributed by atoms with E-state index in [1.165, 1.54) is 16.2 Å². The Hall–Kier alpha value is -1.20. The van der Waals surface area contributed by atoms with E-state index in [-0.39, 0.29) is 5.91 Å². The molecule has 0 saturated carbocycles. The average molecular weight is 280 g/mol. The lowest BCUT2D eigenvalue weighted by Gasteiger charge is -2.23. The zero-order valence-electron chi connectivity index (χ0n) is 10.9.